The molecule has 3 nitrogen and oxygen atoms in total. The van der Waals surface area contributed by atoms with Gasteiger partial charge in [0.2, 0.25) is 0 Å². The first-order valence-corrected chi connectivity index (χ1v) is 6.54. The second-order valence-electron chi connectivity index (χ2n) is 4.50. The molecule has 0 atom stereocenters. The maximum Gasteiger partial charge on any atom is 0.130 e. The van der Waals surface area contributed by atoms with Crippen molar-refractivity contribution >= 4 is 11.4 Å². The SMILES string of the molecule is Nc1ccc(CC#COC#CCc2ccc(N)cc2)cc1. The van der Waals surface area contributed by atoms with Crippen LogP contribution in [0, 0.1) is 24.1 Å². The molecule has 0 saturated carbocycles. The molecule has 0 radical (unpaired) electrons. The van der Waals surface area contributed by atoms with Gasteiger partial charge in [-0.2, -0.15) is 0 Å². The van der Waals surface area contributed by atoms with Crippen LogP contribution in [0.4, 0.5) is 11.4 Å². The number of hydrogen-bond acceptors (Lipinski definition) is 3. The first kappa shape index (κ1) is 14.4. The highest BCUT2D eigenvalue weighted by molar-refractivity contribution is 5.40. The number of nitrogens with two attached hydrogens (primary N) is 2. The van der Waals surface area contributed by atoms with Gasteiger partial charge in [0, 0.05) is 24.2 Å². The fraction of sp³-hybridized carbons (Fsp3) is 0.111. The van der Waals surface area contributed by atoms with Gasteiger partial charge in [-0.05, 0) is 35.4 Å². The van der Waals surface area contributed by atoms with Crippen LogP contribution in [0.3, 0.4) is 0 Å². The van der Waals surface area contributed by atoms with Gasteiger partial charge >= 0.3 is 0 Å². The highest BCUT2D eigenvalue weighted by atomic mass is 16.5. The number of nitrogen functional groups attached to an aromatic ring is 2. The van der Waals surface area contributed by atoms with Crippen LogP contribution < -0.4 is 11.5 Å². The summed E-state index contributed by atoms with van der Waals surface area (Å²) in [6.45, 7) is 0. The number of benzene rings is 2. The first-order valence-electron chi connectivity index (χ1n) is 6.54. The molecule has 0 spiro atoms. The number of hydrogen-bond donors (Lipinski definition) is 2. The summed E-state index contributed by atoms with van der Waals surface area (Å²) < 4.78 is 4.95. The largest absolute Gasteiger partial charge is 0.399 e. The van der Waals surface area contributed by atoms with E-state index in [4.69, 9.17) is 16.2 Å². The lowest BCUT2D eigenvalue weighted by Crippen LogP contribution is -1.86. The van der Waals surface area contributed by atoms with E-state index in [1.54, 1.807) is 0 Å². The van der Waals surface area contributed by atoms with Gasteiger partial charge in [-0.3, -0.25) is 0 Å². The lowest BCUT2D eigenvalue weighted by molar-refractivity contribution is 0.478. The van der Waals surface area contributed by atoms with Crippen LogP contribution in [-0.4, -0.2) is 0 Å². The van der Waals surface area contributed by atoms with Crippen LogP contribution in [0.1, 0.15) is 11.1 Å². The van der Waals surface area contributed by atoms with Crippen molar-refractivity contribution in [3.63, 3.8) is 0 Å². The van der Waals surface area contributed by atoms with Gasteiger partial charge in [0.1, 0.15) is 12.2 Å². The topological polar surface area (TPSA) is 61.3 Å². The molecule has 2 aromatic carbocycles. The van der Waals surface area contributed by atoms with Crippen LogP contribution in [0.25, 0.3) is 0 Å². The molecule has 0 bridgehead atoms. The average molecular weight is 276 g/mol. The van der Waals surface area contributed by atoms with E-state index in [0.717, 1.165) is 22.5 Å². The molecule has 0 amide bonds. The van der Waals surface area contributed by atoms with E-state index < -0.39 is 0 Å². The molecule has 0 unspecified atom stereocenters. The normalized spacial score (nSPS) is 8.95. The molecule has 0 heterocycles. The molecule has 0 aliphatic rings. The fourth-order valence-electron chi connectivity index (χ4n) is 1.64. The molecule has 21 heavy (non-hydrogen) atoms. The standard InChI is InChI=1S/C18H16N2O/c19-17-9-5-15(6-10-17)3-1-13-21-14-2-4-16-7-11-18(20)12-8-16/h5-12H,3-4,19-20H2. The molecule has 0 aliphatic heterocycles. The predicted octanol–water partition coefficient (Wildman–Crippen LogP) is 2.57. The van der Waals surface area contributed by atoms with Gasteiger partial charge in [0.05, 0.1) is 0 Å². The second-order valence-corrected chi connectivity index (χ2v) is 4.50. The number of rotatable bonds is 2. The van der Waals surface area contributed by atoms with E-state index in [9.17, 15) is 0 Å². The zero-order chi connectivity index (χ0) is 14.9. The van der Waals surface area contributed by atoms with Crippen molar-refractivity contribution in [2.24, 2.45) is 0 Å². The van der Waals surface area contributed by atoms with Gasteiger partial charge in [-0.15, -0.1) is 0 Å². The summed E-state index contributed by atoms with van der Waals surface area (Å²) in [4.78, 5) is 0. The Morgan fingerprint density at radius 1 is 0.667 bits per heavy atom. The van der Waals surface area contributed by atoms with Crippen molar-refractivity contribution in [2.45, 2.75) is 12.8 Å². The van der Waals surface area contributed by atoms with E-state index in [1.165, 1.54) is 0 Å². The Morgan fingerprint density at radius 2 is 1.05 bits per heavy atom. The van der Waals surface area contributed by atoms with E-state index in [-0.39, 0.29) is 0 Å². The smallest absolute Gasteiger partial charge is 0.130 e. The van der Waals surface area contributed by atoms with Crippen molar-refractivity contribution in [2.75, 3.05) is 11.5 Å². The van der Waals surface area contributed by atoms with E-state index in [1.807, 2.05) is 48.5 Å². The minimum Gasteiger partial charge on any atom is -0.399 e. The minimum absolute atomic E-state index is 0.611. The molecule has 0 aromatic heterocycles. The third-order valence-electron chi connectivity index (χ3n) is 2.79. The Hall–Kier alpha value is -3.04. The van der Waals surface area contributed by atoms with E-state index in [2.05, 4.69) is 24.1 Å². The molecule has 3 heteroatoms. The zero-order valence-electron chi connectivity index (χ0n) is 11.6. The highest BCUT2D eigenvalue weighted by Gasteiger charge is 1.89. The molecule has 0 fully saturated rings. The lowest BCUT2D eigenvalue weighted by Gasteiger charge is -1.95. The molecule has 2 aromatic rings. The van der Waals surface area contributed by atoms with Crippen LogP contribution in [0.5, 0.6) is 0 Å². The van der Waals surface area contributed by atoms with E-state index in [0.29, 0.717) is 12.8 Å². The summed E-state index contributed by atoms with van der Waals surface area (Å²) in [5.41, 5.74) is 14.9. The molecule has 0 aliphatic carbocycles. The quantitative estimate of drug-likeness (QED) is 0.654. The monoisotopic (exact) mass is 276 g/mol. The maximum absolute atomic E-state index is 5.61. The molecular weight excluding hydrogens is 260 g/mol. The van der Waals surface area contributed by atoms with Crippen molar-refractivity contribution < 1.29 is 4.74 Å². The van der Waals surface area contributed by atoms with Crippen molar-refractivity contribution in [3.8, 4) is 24.1 Å². The third kappa shape index (κ3) is 5.22. The van der Waals surface area contributed by atoms with Gasteiger partial charge in [0.25, 0.3) is 0 Å². The van der Waals surface area contributed by atoms with Gasteiger partial charge < -0.3 is 16.2 Å². The third-order valence-corrected chi connectivity index (χ3v) is 2.79. The van der Waals surface area contributed by atoms with Crippen LogP contribution in [0.15, 0.2) is 48.5 Å². The Bertz CT molecular complexity index is 632. The second kappa shape index (κ2) is 7.53. The number of ether oxygens (including phenoxy) is 1. The first-order chi connectivity index (χ1) is 10.2. The Labute approximate surface area is 124 Å². The van der Waals surface area contributed by atoms with Crippen molar-refractivity contribution in [1.29, 1.82) is 0 Å². The van der Waals surface area contributed by atoms with E-state index >= 15 is 0 Å². The summed E-state index contributed by atoms with van der Waals surface area (Å²) in [6, 6.07) is 15.2. The van der Waals surface area contributed by atoms with Gasteiger partial charge in [-0.25, -0.2) is 0 Å². The fourth-order valence-corrected chi connectivity index (χ4v) is 1.64. The minimum atomic E-state index is 0.611. The molecule has 4 N–H and O–H groups in total. The van der Waals surface area contributed by atoms with Crippen LogP contribution in [0.2, 0.25) is 0 Å². The van der Waals surface area contributed by atoms with Crippen molar-refractivity contribution in [1.82, 2.24) is 0 Å². The summed E-state index contributed by atoms with van der Waals surface area (Å²) >= 11 is 0. The summed E-state index contributed by atoms with van der Waals surface area (Å²) in [5, 5.41) is 0. The van der Waals surface area contributed by atoms with Crippen LogP contribution in [-0.2, 0) is 17.6 Å². The summed E-state index contributed by atoms with van der Waals surface area (Å²) in [6.07, 6.45) is 6.36. The van der Waals surface area contributed by atoms with Gasteiger partial charge in [-0.1, -0.05) is 36.1 Å². The summed E-state index contributed by atoms with van der Waals surface area (Å²) in [7, 11) is 0. The zero-order valence-corrected chi connectivity index (χ0v) is 11.6. The molecule has 0 saturated heterocycles. The Balaban J connectivity index is 1.75. The average Bonchev–Trinajstić information content (AvgIpc) is 2.50. The number of anilines is 2. The molecule has 2 rings (SSSR count). The Kier molecular flexibility index (Phi) is 5.15. The summed E-state index contributed by atoms with van der Waals surface area (Å²) in [5.74, 6) is 5.79. The molecule has 104 valence electrons. The van der Waals surface area contributed by atoms with Crippen LogP contribution >= 0.6 is 0 Å². The van der Waals surface area contributed by atoms with Crippen molar-refractivity contribution in [3.05, 3.63) is 59.7 Å². The molecular formula is C18H16N2O. The Morgan fingerprint density at radius 3 is 1.43 bits per heavy atom. The maximum atomic E-state index is 5.61. The lowest BCUT2D eigenvalue weighted by atomic mass is 10.1. The predicted molar refractivity (Wildman–Crippen MR) is 85.8 cm³/mol. The van der Waals surface area contributed by atoms with Gasteiger partial charge in [0.15, 0.2) is 0 Å². The highest BCUT2D eigenvalue weighted by Crippen LogP contribution is 2.06.